The molecule has 114 valence electrons. The van der Waals surface area contributed by atoms with Crippen LogP contribution in [0.5, 0.6) is 0 Å². The second-order valence-electron chi connectivity index (χ2n) is 4.19. The van der Waals surface area contributed by atoms with Crippen LogP contribution in [-0.2, 0) is 16.6 Å². The largest absolute Gasteiger partial charge is 0.249 e. The molecule has 0 saturated carbocycles. The molecule has 0 saturated heterocycles. The smallest absolute Gasteiger partial charge is 0.207 e. The van der Waals surface area contributed by atoms with E-state index in [4.69, 9.17) is 0 Å². The molecular weight excluding hydrogens is 391 g/mol. The van der Waals surface area contributed by atoms with Crippen LogP contribution >= 0.6 is 27.3 Å². The van der Waals surface area contributed by atoms with E-state index in [-0.39, 0.29) is 6.54 Å². The number of benzene rings is 1. The minimum absolute atomic E-state index is 0.0468. The first-order valence-corrected chi connectivity index (χ1v) is 8.67. The standard InChI is InChI=1S/C12H9BrF3NO2S2/c1-17(5-9-2-7(13)6-20-9)21(18,19)12-10(15)3-8(14)4-11(12)16/h2-4,6H,5H2,1H3. The summed E-state index contributed by atoms with van der Waals surface area (Å²) in [5.41, 5.74) is 0. The lowest BCUT2D eigenvalue weighted by atomic mass is 10.3. The predicted octanol–water partition coefficient (Wildman–Crippen LogP) is 3.75. The quantitative estimate of drug-likeness (QED) is 0.784. The minimum atomic E-state index is -4.40. The SMILES string of the molecule is CN(Cc1cc(Br)cs1)S(=O)(=O)c1c(F)cc(F)cc1F. The molecule has 0 radical (unpaired) electrons. The van der Waals surface area contributed by atoms with Crippen LogP contribution in [0.2, 0.25) is 0 Å². The first kappa shape index (κ1) is 16.5. The fourth-order valence-electron chi connectivity index (χ4n) is 1.67. The fourth-order valence-corrected chi connectivity index (χ4v) is 4.49. The third kappa shape index (κ3) is 3.47. The van der Waals surface area contributed by atoms with Crippen molar-refractivity contribution >= 4 is 37.3 Å². The molecule has 0 bridgehead atoms. The van der Waals surface area contributed by atoms with E-state index in [1.807, 2.05) is 0 Å². The third-order valence-corrected chi connectivity index (χ3v) is 6.17. The number of hydrogen-bond donors (Lipinski definition) is 0. The molecule has 2 rings (SSSR count). The van der Waals surface area contributed by atoms with Crippen molar-refractivity contribution in [2.45, 2.75) is 11.4 Å². The lowest BCUT2D eigenvalue weighted by Crippen LogP contribution is -2.28. The Balaban J connectivity index is 2.38. The second-order valence-corrected chi connectivity index (χ2v) is 8.08. The number of hydrogen-bond acceptors (Lipinski definition) is 3. The Morgan fingerprint density at radius 2 is 1.76 bits per heavy atom. The molecule has 0 aliphatic heterocycles. The van der Waals surface area contributed by atoms with Crippen LogP contribution < -0.4 is 0 Å². The number of nitrogens with zero attached hydrogens (tertiary/aromatic N) is 1. The van der Waals surface area contributed by atoms with Crippen LogP contribution in [-0.4, -0.2) is 19.8 Å². The van der Waals surface area contributed by atoms with Crippen molar-refractivity contribution in [3.63, 3.8) is 0 Å². The van der Waals surface area contributed by atoms with Crippen molar-refractivity contribution in [3.05, 3.63) is 50.4 Å². The number of sulfonamides is 1. The van der Waals surface area contributed by atoms with Crippen molar-refractivity contribution in [1.82, 2.24) is 4.31 Å². The molecule has 0 amide bonds. The highest BCUT2D eigenvalue weighted by molar-refractivity contribution is 9.10. The highest BCUT2D eigenvalue weighted by Gasteiger charge is 2.29. The first-order valence-electron chi connectivity index (χ1n) is 5.55. The van der Waals surface area contributed by atoms with Crippen molar-refractivity contribution in [3.8, 4) is 0 Å². The van der Waals surface area contributed by atoms with E-state index >= 15 is 0 Å². The fraction of sp³-hybridized carbons (Fsp3) is 0.167. The van der Waals surface area contributed by atoms with Gasteiger partial charge in [-0.3, -0.25) is 0 Å². The normalized spacial score (nSPS) is 12.1. The van der Waals surface area contributed by atoms with Crippen LogP contribution in [0, 0.1) is 17.5 Å². The van der Waals surface area contributed by atoms with Crippen LogP contribution in [0.4, 0.5) is 13.2 Å². The molecule has 2 aromatic rings. The summed E-state index contributed by atoms with van der Waals surface area (Å²) in [4.78, 5) is -0.460. The van der Waals surface area contributed by atoms with Crippen molar-refractivity contribution in [2.24, 2.45) is 0 Å². The maximum atomic E-state index is 13.6. The van der Waals surface area contributed by atoms with E-state index in [2.05, 4.69) is 15.9 Å². The van der Waals surface area contributed by atoms with Gasteiger partial charge in [-0.25, -0.2) is 21.6 Å². The van der Waals surface area contributed by atoms with E-state index in [9.17, 15) is 21.6 Å². The van der Waals surface area contributed by atoms with Crippen LogP contribution in [0.1, 0.15) is 4.88 Å². The summed E-state index contributed by atoms with van der Waals surface area (Å²) in [6.07, 6.45) is 0. The van der Waals surface area contributed by atoms with Gasteiger partial charge in [0.2, 0.25) is 10.0 Å². The van der Waals surface area contributed by atoms with E-state index < -0.39 is 32.4 Å². The summed E-state index contributed by atoms with van der Waals surface area (Å²) < 4.78 is 66.1. The van der Waals surface area contributed by atoms with Crippen LogP contribution in [0.15, 0.2) is 32.9 Å². The van der Waals surface area contributed by atoms with Crippen LogP contribution in [0.3, 0.4) is 0 Å². The lowest BCUT2D eigenvalue weighted by molar-refractivity contribution is 0.445. The van der Waals surface area contributed by atoms with Crippen LogP contribution in [0.25, 0.3) is 0 Å². The molecule has 0 aliphatic carbocycles. The molecule has 3 nitrogen and oxygen atoms in total. The molecule has 9 heteroatoms. The molecule has 0 unspecified atom stereocenters. The van der Waals surface area contributed by atoms with E-state index in [0.29, 0.717) is 17.0 Å². The molecular formula is C12H9BrF3NO2S2. The number of thiophene rings is 1. The molecule has 0 aliphatic rings. The molecule has 0 spiro atoms. The Hall–Kier alpha value is -0.900. The van der Waals surface area contributed by atoms with Gasteiger partial charge in [-0.05, 0) is 22.0 Å². The molecule has 1 aromatic heterocycles. The lowest BCUT2D eigenvalue weighted by Gasteiger charge is -2.17. The summed E-state index contributed by atoms with van der Waals surface area (Å²) in [7, 11) is -3.20. The van der Waals surface area contributed by atoms with Gasteiger partial charge in [-0.2, -0.15) is 4.31 Å². The Morgan fingerprint density at radius 3 is 2.24 bits per heavy atom. The van der Waals surface area contributed by atoms with Gasteiger partial charge in [-0.15, -0.1) is 11.3 Å². The molecule has 21 heavy (non-hydrogen) atoms. The summed E-state index contributed by atoms with van der Waals surface area (Å²) >= 11 is 4.53. The zero-order valence-electron chi connectivity index (χ0n) is 10.6. The summed E-state index contributed by atoms with van der Waals surface area (Å²) in [6, 6.07) is 2.38. The molecule has 0 atom stereocenters. The Bertz CT molecular complexity index is 754. The van der Waals surface area contributed by atoms with Gasteiger partial charge in [0, 0.05) is 40.5 Å². The zero-order valence-corrected chi connectivity index (χ0v) is 13.8. The molecule has 0 N–H and O–H groups in total. The predicted molar refractivity (Wildman–Crippen MR) is 77.0 cm³/mol. The topological polar surface area (TPSA) is 37.4 Å². The van der Waals surface area contributed by atoms with Crippen molar-refractivity contribution in [1.29, 1.82) is 0 Å². The summed E-state index contributed by atoms with van der Waals surface area (Å²) in [5, 5.41) is 1.76. The minimum Gasteiger partial charge on any atom is -0.207 e. The average molecular weight is 400 g/mol. The van der Waals surface area contributed by atoms with Crippen molar-refractivity contribution in [2.75, 3.05) is 7.05 Å². The average Bonchev–Trinajstić information content (AvgIpc) is 2.72. The Kier molecular flexibility index (Phi) is 4.76. The maximum Gasteiger partial charge on any atom is 0.249 e. The highest BCUT2D eigenvalue weighted by atomic mass is 79.9. The third-order valence-electron chi connectivity index (χ3n) is 2.63. The van der Waals surface area contributed by atoms with Gasteiger partial charge >= 0.3 is 0 Å². The monoisotopic (exact) mass is 399 g/mol. The van der Waals surface area contributed by atoms with E-state index in [1.165, 1.54) is 18.4 Å². The van der Waals surface area contributed by atoms with Gasteiger partial charge in [0.15, 0.2) is 4.90 Å². The Labute approximate surface area is 132 Å². The number of halogens is 4. The Morgan fingerprint density at radius 1 is 1.19 bits per heavy atom. The van der Waals surface area contributed by atoms with Gasteiger partial charge < -0.3 is 0 Å². The van der Waals surface area contributed by atoms with Crippen molar-refractivity contribution < 1.29 is 21.6 Å². The summed E-state index contributed by atoms with van der Waals surface area (Å²) in [5.74, 6) is -4.08. The van der Waals surface area contributed by atoms with Gasteiger partial charge in [0.25, 0.3) is 0 Å². The molecule has 1 heterocycles. The van der Waals surface area contributed by atoms with Gasteiger partial charge in [0.05, 0.1) is 0 Å². The maximum absolute atomic E-state index is 13.6. The first-order chi connectivity index (χ1) is 9.71. The zero-order chi connectivity index (χ0) is 15.8. The number of rotatable bonds is 4. The highest BCUT2D eigenvalue weighted by Crippen LogP contribution is 2.26. The van der Waals surface area contributed by atoms with Gasteiger partial charge in [-0.1, -0.05) is 0 Å². The van der Waals surface area contributed by atoms with E-state index in [0.717, 1.165) is 8.78 Å². The molecule has 1 aromatic carbocycles. The summed E-state index contributed by atoms with van der Waals surface area (Å²) in [6.45, 7) is -0.0468. The van der Waals surface area contributed by atoms with E-state index in [1.54, 1.807) is 11.4 Å². The molecule has 0 fully saturated rings. The second kappa shape index (κ2) is 6.07. The van der Waals surface area contributed by atoms with Gasteiger partial charge in [0.1, 0.15) is 17.5 Å².